The van der Waals surface area contributed by atoms with Crippen molar-refractivity contribution in [3.05, 3.63) is 59.2 Å². The van der Waals surface area contributed by atoms with E-state index in [0.29, 0.717) is 5.56 Å². The maximum Gasteiger partial charge on any atom is 0.335 e. The number of rotatable bonds is 18. The van der Waals surface area contributed by atoms with Gasteiger partial charge >= 0.3 is 11.9 Å². The number of likely N-dealkylation sites (N-methyl/N-ethyl adjacent to an activating group) is 2. The van der Waals surface area contributed by atoms with Gasteiger partial charge in [0.15, 0.2) is 0 Å². The summed E-state index contributed by atoms with van der Waals surface area (Å²) in [5.74, 6) is -5.55. The first kappa shape index (κ1) is 42.8. The first-order valence-corrected chi connectivity index (χ1v) is 16.7. The highest BCUT2D eigenvalue weighted by atomic mass is 16.4. The quantitative estimate of drug-likeness (QED) is 0.0905. The highest BCUT2D eigenvalue weighted by Crippen LogP contribution is 2.29. The van der Waals surface area contributed by atoms with Crippen molar-refractivity contribution in [3.8, 4) is 0 Å². The van der Waals surface area contributed by atoms with Gasteiger partial charge in [0.1, 0.15) is 12.1 Å². The van der Waals surface area contributed by atoms with E-state index in [1.165, 1.54) is 37.1 Å². The molecule has 1 aliphatic rings. The van der Waals surface area contributed by atoms with Gasteiger partial charge in [-0.25, -0.2) is 9.59 Å². The maximum absolute atomic E-state index is 13.7. The van der Waals surface area contributed by atoms with Crippen molar-refractivity contribution in [2.24, 2.45) is 5.41 Å². The lowest BCUT2D eigenvalue weighted by Crippen LogP contribution is -2.60. The first-order valence-electron chi connectivity index (χ1n) is 16.7. The summed E-state index contributed by atoms with van der Waals surface area (Å²) in [5, 5.41) is 29.7. The molecule has 0 aromatic heterocycles. The number of aromatic carboxylic acids is 1. The van der Waals surface area contributed by atoms with Crippen LogP contribution in [-0.2, 0) is 39.0 Å². The second-order valence-corrected chi connectivity index (χ2v) is 14.2. The number of carbonyl (C=O) groups excluding carboxylic acids is 6. The Morgan fingerprint density at radius 1 is 0.904 bits per heavy atom. The molecule has 284 valence electrons. The van der Waals surface area contributed by atoms with Crippen LogP contribution in [0.3, 0.4) is 0 Å². The molecule has 0 fully saturated rings. The summed E-state index contributed by atoms with van der Waals surface area (Å²) in [6, 6.07) is 3.03. The molecule has 0 spiro atoms. The number of carbonyl (C=O) groups is 8. The third-order valence-electron chi connectivity index (χ3n) is 8.78. The number of benzene rings is 1. The minimum absolute atomic E-state index is 0.0193. The summed E-state index contributed by atoms with van der Waals surface area (Å²) in [6.45, 7) is 10.4. The van der Waals surface area contributed by atoms with E-state index in [2.05, 4.69) is 21.3 Å². The highest BCUT2D eigenvalue weighted by Gasteiger charge is 2.40. The number of imide groups is 1. The van der Waals surface area contributed by atoms with Crippen LogP contribution in [0.25, 0.3) is 0 Å². The molecule has 6 N–H and O–H groups in total. The van der Waals surface area contributed by atoms with E-state index >= 15 is 0 Å². The lowest BCUT2D eigenvalue weighted by atomic mass is 9.76. The number of carboxylic acid groups (broad SMARTS) is 2. The molecule has 0 bridgehead atoms. The molecule has 0 saturated carbocycles. The second kappa shape index (κ2) is 18.2. The van der Waals surface area contributed by atoms with E-state index < -0.39 is 76.3 Å². The molecule has 1 aromatic carbocycles. The van der Waals surface area contributed by atoms with E-state index in [4.69, 9.17) is 0 Å². The van der Waals surface area contributed by atoms with Crippen LogP contribution in [0, 0.1) is 5.41 Å². The summed E-state index contributed by atoms with van der Waals surface area (Å²) in [4.78, 5) is 101. The van der Waals surface area contributed by atoms with Gasteiger partial charge in [0.2, 0.25) is 23.6 Å². The van der Waals surface area contributed by atoms with Gasteiger partial charge in [-0.3, -0.25) is 33.7 Å². The number of carboxylic acids is 2. The summed E-state index contributed by atoms with van der Waals surface area (Å²) in [7, 11) is 3.12. The predicted molar refractivity (Wildman–Crippen MR) is 190 cm³/mol. The Bertz CT molecular complexity index is 1590. The number of hydrogen-bond donors (Lipinski definition) is 6. The van der Waals surface area contributed by atoms with Crippen LogP contribution in [0.4, 0.5) is 0 Å². The largest absolute Gasteiger partial charge is 0.480 e. The van der Waals surface area contributed by atoms with E-state index in [0.717, 1.165) is 17.1 Å². The molecule has 0 aliphatic carbocycles. The summed E-state index contributed by atoms with van der Waals surface area (Å²) in [5.41, 5.74) is -0.612. The Morgan fingerprint density at radius 2 is 1.48 bits per heavy atom. The van der Waals surface area contributed by atoms with Crippen LogP contribution in [-0.4, -0.2) is 119 Å². The smallest absolute Gasteiger partial charge is 0.335 e. The van der Waals surface area contributed by atoms with Crippen LogP contribution in [0.5, 0.6) is 0 Å². The van der Waals surface area contributed by atoms with E-state index in [1.807, 2.05) is 13.8 Å². The number of aliphatic carboxylic acids is 1. The monoisotopic (exact) mass is 726 g/mol. The number of nitrogens with one attached hydrogen (secondary N) is 4. The molecule has 52 heavy (non-hydrogen) atoms. The SMILES string of the molecule is CN[C@H](C(=O)NC(C(=O)N(C)C/C=C(\C)C(=O)N[C@H](CCC(=O)NCCN1C(=O)C=CC1=O)C(=O)O)C(C)(C)C)C(C)(C)c1ccc(C(=O)O)cc1. The predicted octanol–water partition coefficient (Wildman–Crippen LogP) is 0.577. The van der Waals surface area contributed by atoms with Gasteiger partial charge in [0.05, 0.1) is 11.6 Å². The molecule has 3 atom stereocenters. The van der Waals surface area contributed by atoms with Crippen molar-refractivity contribution in [1.29, 1.82) is 0 Å². The van der Waals surface area contributed by atoms with Crippen LogP contribution in [0.15, 0.2) is 48.1 Å². The summed E-state index contributed by atoms with van der Waals surface area (Å²) < 4.78 is 0. The first-order chi connectivity index (χ1) is 24.1. The summed E-state index contributed by atoms with van der Waals surface area (Å²) >= 11 is 0. The molecular weight excluding hydrogens is 676 g/mol. The van der Waals surface area contributed by atoms with Crippen LogP contribution in [0.1, 0.15) is 70.3 Å². The van der Waals surface area contributed by atoms with Crippen molar-refractivity contribution < 1.29 is 48.6 Å². The van der Waals surface area contributed by atoms with E-state index in [9.17, 15) is 48.6 Å². The Kier molecular flexibility index (Phi) is 15.0. The Hall–Kier alpha value is -5.38. The van der Waals surface area contributed by atoms with Crippen molar-refractivity contribution in [2.45, 2.75) is 77.9 Å². The number of hydrogen-bond acceptors (Lipinski definition) is 9. The van der Waals surface area contributed by atoms with Crippen LogP contribution < -0.4 is 21.3 Å². The third-order valence-corrected chi connectivity index (χ3v) is 8.78. The zero-order valence-electron chi connectivity index (χ0n) is 30.9. The van der Waals surface area contributed by atoms with Gasteiger partial charge in [0.25, 0.3) is 11.8 Å². The van der Waals surface area contributed by atoms with Gasteiger partial charge in [-0.05, 0) is 43.5 Å². The lowest BCUT2D eigenvalue weighted by Gasteiger charge is -2.38. The Labute approximate surface area is 303 Å². The normalized spacial score (nSPS) is 15.1. The number of amides is 6. The molecule has 1 unspecified atom stereocenters. The molecular formula is C36H50N6O10. The molecule has 1 aliphatic heterocycles. The van der Waals surface area contributed by atoms with Gasteiger partial charge in [-0.2, -0.15) is 0 Å². The average molecular weight is 727 g/mol. The molecule has 16 nitrogen and oxygen atoms in total. The van der Waals surface area contributed by atoms with Crippen molar-refractivity contribution in [2.75, 3.05) is 33.7 Å². The second-order valence-electron chi connectivity index (χ2n) is 14.2. The van der Waals surface area contributed by atoms with Crippen LogP contribution >= 0.6 is 0 Å². The Morgan fingerprint density at radius 3 is 1.98 bits per heavy atom. The Balaban J connectivity index is 2.02. The van der Waals surface area contributed by atoms with Crippen molar-refractivity contribution in [3.63, 3.8) is 0 Å². The average Bonchev–Trinajstić information content (AvgIpc) is 3.39. The lowest BCUT2D eigenvalue weighted by molar-refractivity contribution is -0.142. The van der Waals surface area contributed by atoms with E-state index in [-0.39, 0.29) is 43.6 Å². The zero-order chi connectivity index (χ0) is 39.6. The van der Waals surface area contributed by atoms with Gasteiger partial charge in [-0.15, -0.1) is 0 Å². The molecule has 1 aromatic rings. The van der Waals surface area contributed by atoms with Gasteiger partial charge in [0, 0.05) is 56.2 Å². The fourth-order valence-electron chi connectivity index (χ4n) is 5.43. The molecule has 0 saturated heterocycles. The standard InChI is InChI=1S/C36H50N6O10/c1-21(30(46)39-24(34(51)52)13-14-25(43)38-18-20-42-26(44)15-16-27(42)45)17-19-41(8)32(48)29(35(2,3)4)40-31(47)28(37-7)36(5,6)23-11-9-22(10-12-23)33(49)50/h9-12,15-17,24,28-29,37H,13-14,18-20H2,1-8H3,(H,38,43)(H,39,46)(H,40,47)(H,49,50)(H,51,52)/b21-17+/t24-,28-,29?/m1/s1. The molecule has 1 heterocycles. The minimum Gasteiger partial charge on any atom is -0.480 e. The highest BCUT2D eigenvalue weighted by molar-refractivity contribution is 6.12. The molecule has 0 radical (unpaired) electrons. The summed E-state index contributed by atoms with van der Waals surface area (Å²) in [6.07, 6.45) is 3.21. The molecule has 2 rings (SSSR count). The number of nitrogens with zero attached hydrogens (tertiary/aromatic N) is 2. The molecule has 6 amide bonds. The van der Waals surface area contributed by atoms with Gasteiger partial charge < -0.3 is 36.4 Å². The topological polar surface area (TPSA) is 232 Å². The van der Waals surface area contributed by atoms with Crippen LogP contribution in [0.2, 0.25) is 0 Å². The van der Waals surface area contributed by atoms with Gasteiger partial charge in [-0.1, -0.05) is 52.8 Å². The minimum atomic E-state index is -1.40. The fraction of sp³-hybridized carbons (Fsp3) is 0.500. The zero-order valence-corrected chi connectivity index (χ0v) is 30.9. The molecule has 16 heteroatoms. The third kappa shape index (κ3) is 11.6. The van der Waals surface area contributed by atoms with Crippen molar-refractivity contribution >= 4 is 47.4 Å². The fourth-order valence-corrected chi connectivity index (χ4v) is 5.43. The van der Waals surface area contributed by atoms with E-state index in [1.54, 1.807) is 40.0 Å². The van der Waals surface area contributed by atoms with Crippen molar-refractivity contribution in [1.82, 2.24) is 31.1 Å². The maximum atomic E-state index is 13.7.